The lowest BCUT2D eigenvalue weighted by atomic mass is 9.78. The van der Waals surface area contributed by atoms with Crippen molar-refractivity contribution < 1.29 is 9.53 Å². The first kappa shape index (κ1) is 10.7. The molecule has 0 aromatic rings. The molecular weight excluding hydrogens is 190 g/mol. The van der Waals surface area contributed by atoms with Gasteiger partial charge < -0.3 is 9.64 Å². The molecule has 0 N–H and O–H groups in total. The van der Waals surface area contributed by atoms with E-state index in [-0.39, 0.29) is 5.41 Å². The minimum Gasteiger partial charge on any atom is -0.383 e. The fourth-order valence-electron chi connectivity index (χ4n) is 2.62. The zero-order chi connectivity index (χ0) is 10.9. The maximum atomic E-state index is 12.3. The Morgan fingerprint density at radius 2 is 1.93 bits per heavy atom. The van der Waals surface area contributed by atoms with Crippen molar-refractivity contribution in [1.29, 1.82) is 0 Å². The van der Waals surface area contributed by atoms with E-state index in [1.54, 1.807) is 0 Å². The molecule has 2 fully saturated rings. The first-order valence-corrected chi connectivity index (χ1v) is 5.64. The number of ketones is 1. The fourth-order valence-corrected chi connectivity index (χ4v) is 2.62. The number of allylic oxidation sites excluding steroid dienone is 1. The molecule has 1 saturated heterocycles. The molecule has 15 heavy (non-hydrogen) atoms. The van der Waals surface area contributed by atoms with Gasteiger partial charge >= 0.3 is 0 Å². The van der Waals surface area contributed by atoms with E-state index in [1.165, 1.54) is 0 Å². The minimum absolute atomic E-state index is 0.0694. The lowest BCUT2D eigenvalue weighted by Gasteiger charge is -2.31. The highest BCUT2D eigenvalue weighted by Gasteiger charge is 2.45. The molecule has 0 unspecified atom stereocenters. The molecule has 1 spiro atoms. The van der Waals surface area contributed by atoms with E-state index in [1.807, 2.05) is 25.2 Å². The molecule has 2 aliphatic rings. The van der Waals surface area contributed by atoms with Gasteiger partial charge in [-0.2, -0.15) is 0 Å². The van der Waals surface area contributed by atoms with Crippen LogP contribution in [0.3, 0.4) is 0 Å². The van der Waals surface area contributed by atoms with Crippen LogP contribution in [0.15, 0.2) is 11.8 Å². The van der Waals surface area contributed by atoms with E-state index in [0.29, 0.717) is 5.78 Å². The summed E-state index contributed by atoms with van der Waals surface area (Å²) in [6.07, 6.45) is 5.77. The summed E-state index contributed by atoms with van der Waals surface area (Å²) in [5.41, 5.74) is 0.932. The molecule has 0 atom stereocenters. The number of nitrogens with zero attached hydrogens (tertiary/aromatic N) is 1. The van der Waals surface area contributed by atoms with Crippen molar-refractivity contribution >= 4 is 5.78 Å². The maximum Gasteiger partial charge on any atom is 0.166 e. The molecule has 0 bridgehead atoms. The number of hydrogen-bond acceptors (Lipinski definition) is 3. The Bertz CT molecular complexity index is 288. The number of ether oxygens (including phenoxy) is 1. The van der Waals surface area contributed by atoms with Crippen molar-refractivity contribution in [1.82, 2.24) is 4.90 Å². The van der Waals surface area contributed by atoms with Crippen molar-refractivity contribution in [3.63, 3.8) is 0 Å². The summed E-state index contributed by atoms with van der Waals surface area (Å²) in [4.78, 5) is 14.2. The predicted octanol–water partition coefficient (Wildman–Crippen LogP) is 1.59. The Labute approximate surface area is 91.1 Å². The molecule has 1 saturated carbocycles. The largest absolute Gasteiger partial charge is 0.383 e. The molecule has 2 rings (SSSR count). The highest BCUT2D eigenvalue weighted by Crippen LogP contribution is 2.45. The second-order valence-electron chi connectivity index (χ2n) is 4.84. The highest BCUT2D eigenvalue weighted by molar-refractivity contribution is 6.02. The summed E-state index contributed by atoms with van der Waals surface area (Å²) in [5, 5.41) is 0. The van der Waals surface area contributed by atoms with Crippen molar-refractivity contribution in [2.75, 3.05) is 27.3 Å². The van der Waals surface area contributed by atoms with Gasteiger partial charge in [-0.1, -0.05) is 0 Å². The van der Waals surface area contributed by atoms with Crippen LogP contribution >= 0.6 is 0 Å². The third-order valence-electron chi connectivity index (χ3n) is 3.51. The van der Waals surface area contributed by atoms with Crippen LogP contribution in [0.5, 0.6) is 0 Å². The summed E-state index contributed by atoms with van der Waals surface area (Å²) in [6, 6.07) is 0. The second kappa shape index (κ2) is 3.97. The molecule has 84 valence electrons. The van der Waals surface area contributed by atoms with E-state index in [9.17, 15) is 4.79 Å². The number of carbonyl (C=O) groups excluding carboxylic acids is 1. The average Bonchev–Trinajstić information content (AvgIpc) is 2.48. The van der Waals surface area contributed by atoms with Gasteiger partial charge in [-0.3, -0.25) is 4.79 Å². The van der Waals surface area contributed by atoms with Gasteiger partial charge in [0.1, 0.15) is 0 Å². The molecule has 1 heterocycles. The van der Waals surface area contributed by atoms with E-state index in [0.717, 1.165) is 44.5 Å². The van der Waals surface area contributed by atoms with Gasteiger partial charge in [0.15, 0.2) is 5.78 Å². The Morgan fingerprint density at radius 3 is 2.53 bits per heavy atom. The van der Waals surface area contributed by atoms with Crippen LogP contribution in [-0.2, 0) is 9.53 Å². The van der Waals surface area contributed by atoms with E-state index in [4.69, 9.17) is 4.74 Å². The second-order valence-corrected chi connectivity index (χ2v) is 4.84. The maximum absolute atomic E-state index is 12.3. The Morgan fingerprint density at radius 1 is 1.27 bits per heavy atom. The first-order chi connectivity index (χ1) is 7.14. The topological polar surface area (TPSA) is 29.5 Å². The molecule has 1 aliphatic carbocycles. The molecular formula is C12H19NO2. The normalized spacial score (nSPS) is 27.6. The summed E-state index contributed by atoms with van der Waals surface area (Å²) < 4.78 is 5.34. The van der Waals surface area contributed by atoms with Gasteiger partial charge in [0.05, 0.1) is 0 Å². The SMILES string of the molecule is CN(C)C=C1CCC2(CCOCC2)C1=O. The number of rotatable bonds is 1. The van der Waals surface area contributed by atoms with Crippen LogP contribution in [0, 0.1) is 5.41 Å². The van der Waals surface area contributed by atoms with E-state index in [2.05, 4.69) is 0 Å². The highest BCUT2D eigenvalue weighted by atomic mass is 16.5. The van der Waals surface area contributed by atoms with Crippen LogP contribution < -0.4 is 0 Å². The van der Waals surface area contributed by atoms with Crippen LogP contribution in [-0.4, -0.2) is 38.0 Å². The summed E-state index contributed by atoms with van der Waals surface area (Å²) in [5.74, 6) is 0.375. The first-order valence-electron chi connectivity index (χ1n) is 5.64. The Balaban J connectivity index is 2.15. The third-order valence-corrected chi connectivity index (χ3v) is 3.51. The quantitative estimate of drug-likeness (QED) is 0.614. The number of Topliss-reactive ketones (excluding diaryl/α,β-unsaturated/α-hetero) is 1. The average molecular weight is 209 g/mol. The fraction of sp³-hybridized carbons (Fsp3) is 0.750. The molecule has 3 heteroatoms. The molecule has 0 aromatic carbocycles. The van der Waals surface area contributed by atoms with Crippen LogP contribution in [0.2, 0.25) is 0 Å². The van der Waals surface area contributed by atoms with Gasteiger partial charge in [-0.05, 0) is 25.7 Å². The van der Waals surface area contributed by atoms with Gasteiger partial charge in [-0.25, -0.2) is 0 Å². The molecule has 0 radical (unpaired) electrons. The van der Waals surface area contributed by atoms with E-state index < -0.39 is 0 Å². The van der Waals surface area contributed by atoms with Gasteiger partial charge in [0, 0.05) is 44.5 Å². The van der Waals surface area contributed by atoms with Crippen molar-refractivity contribution in [3.05, 3.63) is 11.8 Å². The third kappa shape index (κ3) is 1.93. The van der Waals surface area contributed by atoms with E-state index >= 15 is 0 Å². The van der Waals surface area contributed by atoms with Crippen LogP contribution in [0.4, 0.5) is 0 Å². The molecule has 3 nitrogen and oxygen atoms in total. The molecule has 1 aliphatic heterocycles. The number of carbonyl (C=O) groups is 1. The van der Waals surface area contributed by atoms with Crippen molar-refractivity contribution in [3.8, 4) is 0 Å². The smallest absolute Gasteiger partial charge is 0.166 e. The van der Waals surface area contributed by atoms with Crippen molar-refractivity contribution in [2.45, 2.75) is 25.7 Å². The Kier molecular flexibility index (Phi) is 2.83. The lowest BCUT2D eigenvalue weighted by Crippen LogP contribution is -2.33. The van der Waals surface area contributed by atoms with Crippen LogP contribution in [0.25, 0.3) is 0 Å². The zero-order valence-corrected chi connectivity index (χ0v) is 9.58. The van der Waals surface area contributed by atoms with Gasteiger partial charge in [-0.15, -0.1) is 0 Å². The Hall–Kier alpha value is -0.830. The minimum atomic E-state index is -0.0694. The molecule has 0 aromatic heterocycles. The zero-order valence-electron chi connectivity index (χ0n) is 9.58. The van der Waals surface area contributed by atoms with Crippen molar-refractivity contribution in [2.24, 2.45) is 5.41 Å². The van der Waals surface area contributed by atoms with Gasteiger partial charge in [0.25, 0.3) is 0 Å². The summed E-state index contributed by atoms with van der Waals surface area (Å²) in [6.45, 7) is 1.50. The van der Waals surface area contributed by atoms with Crippen LogP contribution in [0.1, 0.15) is 25.7 Å². The standard InChI is InChI=1S/C12H19NO2/c1-13(2)9-10-3-4-12(11(10)14)5-7-15-8-6-12/h9H,3-8H2,1-2H3. The lowest BCUT2D eigenvalue weighted by molar-refractivity contribution is -0.127. The predicted molar refractivity (Wildman–Crippen MR) is 58.5 cm³/mol. The molecule has 0 amide bonds. The number of hydrogen-bond donors (Lipinski definition) is 0. The monoisotopic (exact) mass is 209 g/mol. The van der Waals surface area contributed by atoms with Gasteiger partial charge in [0.2, 0.25) is 0 Å². The summed E-state index contributed by atoms with van der Waals surface area (Å²) >= 11 is 0. The summed E-state index contributed by atoms with van der Waals surface area (Å²) in [7, 11) is 3.94.